The topological polar surface area (TPSA) is 62.3 Å². The highest BCUT2D eigenvalue weighted by molar-refractivity contribution is 7.89. The minimum Gasteiger partial charge on any atom is -0.312 e. The van der Waals surface area contributed by atoms with Crippen LogP contribution in [0.4, 0.5) is 4.39 Å². The Balaban J connectivity index is 1.78. The minimum absolute atomic E-state index is 0.0357. The number of rotatable bonds is 2. The molecule has 7 heteroatoms. The number of aromatic nitrogens is 1. The van der Waals surface area contributed by atoms with Crippen molar-refractivity contribution in [3.05, 3.63) is 36.4 Å². The third-order valence-electron chi connectivity index (χ3n) is 4.88. The van der Waals surface area contributed by atoms with E-state index in [1.54, 1.807) is 12.1 Å². The van der Waals surface area contributed by atoms with Crippen molar-refractivity contribution in [2.75, 3.05) is 19.6 Å². The lowest BCUT2D eigenvalue weighted by molar-refractivity contribution is 0.339. The molecule has 2 atom stereocenters. The van der Waals surface area contributed by atoms with Crippen molar-refractivity contribution in [1.29, 1.82) is 0 Å². The molecule has 5 nitrogen and oxygen atoms in total. The monoisotopic (exact) mass is 335 g/mol. The van der Waals surface area contributed by atoms with Crippen LogP contribution in [0.1, 0.15) is 12.8 Å². The van der Waals surface area contributed by atoms with Gasteiger partial charge in [-0.05, 0) is 31.4 Å². The number of halogens is 1. The van der Waals surface area contributed by atoms with Gasteiger partial charge in [0, 0.05) is 36.1 Å². The van der Waals surface area contributed by atoms with Crippen LogP contribution in [0.2, 0.25) is 0 Å². The number of nitrogens with zero attached hydrogens (tertiary/aromatic N) is 2. The molecular formula is C16H18FN3O2S. The first-order chi connectivity index (χ1) is 11.1. The van der Waals surface area contributed by atoms with Crippen molar-refractivity contribution in [1.82, 2.24) is 14.6 Å². The summed E-state index contributed by atoms with van der Waals surface area (Å²) in [7, 11) is -3.72. The summed E-state index contributed by atoms with van der Waals surface area (Å²) in [6.07, 6.45) is 4.66. The van der Waals surface area contributed by atoms with Gasteiger partial charge in [0.05, 0.1) is 11.1 Å². The third-order valence-corrected chi connectivity index (χ3v) is 6.76. The Morgan fingerprint density at radius 2 is 2.13 bits per heavy atom. The Hall–Kier alpha value is -1.57. The maximum atomic E-state index is 14.2. The van der Waals surface area contributed by atoms with E-state index in [-0.39, 0.29) is 16.3 Å². The molecule has 3 heterocycles. The smallest absolute Gasteiger partial charge is 0.243 e. The van der Waals surface area contributed by atoms with Gasteiger partial charge in [0.1, 0.15) is 0 Å². The average molecular weight is 335 g/mol. The minimum atomic E-state index is -3.72. The molecule has 2 aliphatic heterocycles. The molecule has 0 unspecified atom stereocenters. The zero-order chi connectivity index (χ0) is 16.0. The van der Waals surface area contributed by atoms with Gasteiger partial charge in [-0.25, -0.2) is 12.8 Å². The van der Waals surface area contributed by atoms with Crippen LogP contribution in [0.15, 0.2) is 35.5 Å². The largest absolute Gasteiger partial charge is 0.312 e. The molecule has 2 aromatic rings. The predicted octanol–water partition coefficient (Wildman–Crippen LogP) is 1.75. The van der Waals surface area contributed by atoms with Crippen molar-refractivity contribution in [3.63, 3.8) is 0 Å². The van der Waals surface area contributed by atoms with Gasteiger partial charge in [-0.3, -0.25) is 4.98 Å². The Kier molecular flexibility index (Phi) is 3.59. The van der Waals surface area contributed by atoms with Gasteiger partial charge < -0.3 is 5.32 Å². The van der Waals surface area contributed by atoms with E-state index in [0.29, 0.717) is 24.4 Å². The quantitative estimate of drug-likeness (QED) is 0.908. The first kappa shape index (κ1) is 15.0. The lowest BCUT2D eigenvalue weighted by Gasteiger charge is -2.24. The van der Waals surface area contributed by atoms with E-state index in [1.807, 2.05) is 0 Å². The molecule has 0 aliphatic carbocycles. The van der Waals surface area contributed by atoms with Crippen LogP contribution in [0.3, 0.4) is 0 Å². The maximum Gasteiger partial charge on any atom is 0.243 e. The number of sulfonamides is 1. The van der Waals surface area contributed by atoms with Crippen molar-refractivity contribution in [3.8, 4) is 0 Å². The van der Waals surface area contributed by atoms with E-state index in [2.05, 4.69) is 10.3 Å². The standard InChI is InChI=1S/C16H18FN3O2S/c17-13-8-18-7-11-3-1-5-15(16(11)13)23(21,22)20-9-12-4-2-6-19-14(12)10-20/h1,3,5,7-8,12,14,19H,2,4,6,9-10H2/t12-,14+/m1/s1. The molecular weight excluding hydrogens is 317 g/mol. The Bertz CT molecular complexity index is 836. The van der Waals surface area contributed by atoms with Crippen LogP contribution in [0, 0.1) is 11.7 Å². The van der Waals surface area contributed by atoms with Gasteiger partial charge in [0.2, 0.25) is 10.0 Å². The molecule has 1 aromatic heterocycles. The number of hydrogen-bond acceptors (Lipinski definition) is 4. The van der Waals surface area contributed by atoms with Gasteiger partial charge >= 0.3 is 0 Å². The van der Waals surface area contributed by atoms with Crippen LogP contribution < -0.4 is 5.32 Å². The summed E-state index contributed by atoms with van der Waals surface area (Å²) in [6.45, 7) is 1.89. The van der Waals surface area contributed by atoms with E-state index in [1.165, 1.54) is 16.6 Å². The van der Waals surface area contributed by atoms with Crippen LogP contribution in [0.5, 0.6) is 0 Å². The number of pyridine rings is 1. The van der Waals surface area contributed by atoms with Gasteiger partial charge in [0.15, 0.2) is 5.82 Å². The highest BCUT2D eigenvalue weighted by atomic mass is 32.2. The number of fused-ring (bicyclic) bond motifs is 2. The second-order valence-corrected chi connectivity index (χ2v) is 8.17. The van der Waals surface area contributed by atoms with Gasteiger partial charge in [-0.2, -0.15) is 4.31 Å². The second kappa shape index (κ2) is 5.51. The van der Waals surface area contributed by atoms with E-state index >= 15 is 0 Å². The zero-order valence-electron chi connectivity index (χ0n) is 12.6. The highest BCUT2D eigenvalue weighted by Crippen LogP contribution is 2.32. The van der Waals surface area contributed by atoms with Crippen molar-refractivity contribution >= 4 is 20.8 Å². The molecule has 0 saturated carbocycles. The zero-order valence-corrected chi connectivity index (χ0v) is 13.4. The summed E-state index contributed by atoms with van der Waals surface area (Å²) < 4.78 is 41.8. The average Bonchev–Trinajstić information content (AvgIpc) is 2.99. The van der Waals surface area contributed by atoms with Gasteiger partial charge in [-0.1, -0.05) is 12.1 Å². The summed E-state index contributed by atoms with van der Waals surface area (Å²) in [5, 5.41) is 4.02. The molecule has 122 valence electrons. The normalized spacial score (nSPS) is 25.6. The molecule has 0 radical (unpaired) electrons. The summed E-state index contributed by atoms with van der Waals surface area (Å²) in [5.74, 6) is -0.253. The molecule has 0 amide bonds. The van der Waals surface area contributed by atoms with E-state index < -0.39 is 15.8 Å². The van der Waals surface area contributed by atoms with E-state index in [0.717, 1.165) is 25.6 Å². The molecule has 2 fully saturated rings. The molecule has 0 bridgehead atoms. The third kappa shape index (κ3) is 2.43. The molecule has 2 saturated heterocycles. The van der Waals surface area contributed by atoms with Crippen LogP contribution in [-0.4, -0.2) is 43.4 Å². The van der Waals surface area contributed by atoms with E-state index in [9.17, 15) is 12.8 Å². The Morgan fingerprint density at radius 1 is 1.26 bits per heavy atom. The van der Waals surface area contributed by atoms with Gasteiger partial charge in [-0.15, -0.1) is 0 Å². The predicted molar refractivity (Wildman–Crippen MR) is 85.0 cm³/mol. The molecule has 1 aromatic carbocycles. The number of piperidine rings is 1. The van der Waals surface area contributed by atoms with E-state index in [4.69, 9.17) is 0 Å². The van der Waals surface area contributed by atoms with Crippen molar-refractivity contribution in [2.24, 2.45) is 5.92 Å². The molecule has 4 rings (SSSR count). The fraction of sp³-hybridized carbons (Fsp3) is 0.438. The number of benzene rings is 1. The first-order valence-corrected chi connectivity index (χ1v) is 9.27. The lowest BCUT2D eigenvalue weighted by atomic mass is 9.94. The van der Waals surface area contributed by atoms with Crippen molar-refractivity contribution in [2.45, 2.75) is 23.8 Å². The molecule has 0 spiro atoms. The number of hydrogen-bond donors (Lipinski definition) is 1. The summed E-state index contributed by atoms with van der Waals surface area (Å²) in [6, 6.07) is 5.00. The lowest BCUT2D eigenvalue weighted by Crippen LogP contribution is -2.41. The second-order valence-electron chi connectivity index (χ2n) is 6.26. The summed E-state index contributed by atoms with van der Waals surface area (Å²) in [5.41, 5.74) is 0. The number of nitrogens with one attached hydrogen (secondary N) is 1. The van der Waals surface area contributed by atoms with Gasteiger partial charge in [0.25, 0.3) is 0 Å². The van der Waals surface area contributed by atoms with Crippen LogP contribution in [-0.2, 0) is 10.0 Å². The fourth-order valence-corrected chi connectivity index (χ4v) is 5.46. The van der Waals surface area contributed by atoms with Crippen LogP contribution >= 0.6 is 0 Å². The van der Waals surface area contributed by atoms with Crippen LogP contribution in [0.25, 0.3) is 10.8 Å². The SMILES string of the molecule is O=S(=O)(c1cccc2cncc(F)c12)N1C[C@H]2CCCN[C@H]2C1. The van der Waals surface area contributed by atoms with Crippen molar-refractivity contribution < 1.29 is 12.8 Å². The Morgan fingerprint density at radius 3 is 2.96 bits per heavy atom. The molecule has 2 aliphatic rings. The maximum absolute atomic E-state index is 14.2. The molecule has 23 heavy (non-hydrogen) atoms. The summed E-state index contributed by atoms with van der Waals surface area (Å²) in [4.78, 5) is 3.83. The first-order valence-electron chi connectivity index (χ1n) is 7.83. The fourth-order valence-electron chi connectivity index (χ4n) is 3.72. The summed E-state index contributed by atoms with van der Waals surface area (Å²) >= 11 is 0. The highest BCUT2D eigenvalue weighted by Gasteiger charge is 2.40. The molecule has 1 N–H and O–H groups in total. The Labute approximate surface area is 134 Å².